The number of rotatable bonds is 3. The van der Waals surface area contributed by atoms with Crippen LogP contribution in [0.5, 0.6) is 5.88 Å². The van der Waals surface area contributed by atoms with Crippen molar-refractivity contribution >= 4 is 0 Å². The van der Waals surface area contributed by atoms with E-state index in [0.29, 0.717) is 5.88 Å². The van der Waals surface area contributed by atoms with Gasteiger partial charge in [0.2, 0.25) is 5.88 Å². The van der Waals surface area contributed by atoms with Gasteiger partial charge in [-0.3, -0.25) is 0 Å². The van der Waals surface area contributed by atoms with Crippen molar-refractivity contribution in [3.63, 3.8) is 0 Å². The maximum atomic E-state index is 5.12. The van der Waals surface area contributed by atoms with E-state index in [4.69, 9.17) is 4.74 Å². The molecule has 12 heavy (non-hydrogen) atoms. The highest BCUT2D eigenvalue weighted by atomic mass is 16.5. The van der Waals surface area contributed by atoms with Gasteiger partial charge in [0, 0.05) is 17.8 Å². The summed E-state index contributed by atoms with van der Waals surface area (Å²) in [4.78, 5) is 4.10. The van der Waals surface area contributed by atoms with Crippen LogP contribution in [-0.2, 0) is 0 Å². The van der Waals surface area contributed by atoms with Gasteiger partial charge in [-0.25, -0.2) is 4.98 Å². The van der Waals surface area contributed by atoms with Crippen molar-refractivity contribution < 1.29 is 4.74 Å². The van der Waals surface area contributed by atoms with Crippen LogP contribution in [0.3, 0.4) is 0 Å². The first-order valence-corrected chi connectivity index (χ1v) is 3.95. The van der Waals surface area contributed by atoms with Crippen LogP contribution in [0.2, 0.25) is 0 Å². The van der Waals surface area contributed by atoms with Crippen LogP contribution in [0, 0.1) is 0 Å². The standard InChI is InChI=1S/C9H14N2O/c1-7(10-2)8-5-4-6-11-9(8)12-3/h4-7,10H,1-3H3. The largest absolute Gasteiger partial charge is 0.481 e. The minimum absolute atomic E-state index is 0.272. The van der Waals surface area contributed by atoms with Gasteiger partial charge in [-0.05, 0) is 20.0 Å². The second kappa shape index (κ2) is 4.07. The molecular formula is C9H14N2O. The summed E-state index contributed by atoms with van der Waals surface area (Å²) < 4.78 is 5.12. The summed E-state index contributed by atoms with van der Waals surface area (Å²) in [6, 6.07) is 4.19. The zero-order valence-electron chi connectivity index (χ0n) is 7.66. The minimum atomic E-state index is 0.272. The summed E-state index contributed by atoms with van der Waals surface area (Å²) in [5.41, 5.74) is 1.09. The quantitative estimate of drug-likeness (QED) is 0.736. The second-order valence-electron chi connectivity index (χ2n) is 2.61. The third-order valence-electron chi connectivity index (χ3n) is 1.89. The second-order valence-corrected chi connectivity index (χ2v) is 2.61. The fraction of sp³-hybridized carbons (Fsp3) is 0.444. The lowest BCUT2D eigenvalue weighted by atomic mass is 10.1. The molecule has 3 heteroatoms. The first kappa shape index (κ1) is 9.00. The molecule has 0 saturated heterocycles. The van der Waals surface area contributed by atoms with Gasteiger partial charge < -0.3 is 10.1 Å². The van der Waals surface area contributed by atoms with Gasteiger partial charge in [-0.1, -0.05) is 6.07 Å². The van der Waals surface area contributed by atoms with Crippen LogP contribution < -0.4 is 10.1 Å². The molecule has 0 spiro atoms. The molecule has 0 fully saturated rings. The van der Waals surface area contributed by atoms with Gasteiger partial charge in [0.1, 0.15) is 0 Å². The highest BCUT2D eigenvalue weighted by Crippen LogP contribution is 2.20. The Bertz CT molecular complexity index is 250. The van der Waals surface area contributed by atoms with Crippen LogP contribution in [-0.4, -0.2) is 19.1 Å². The molecular weight excluding hydrogens is 152 g/mol. The Labute approximate surface area is 72.8 Å². The van der Waals surface area contributed by atoms with Gasteiger partial charge in [0.15, 0.2) is 0 Å². The Morgan fingerprint density at radius 2 is 2.33 bits per heavy atom. The van der Waals surface area contributed by atoms with E-state index in [1.165, 1.54) is 0 Å². The molecule has 0 aromatic carbocycles. The number of methoxy groups -OCH3 is 1. The van der Waals surface area contributed by atoms with Crippen molar-refractivity contribution in [2.75, 3.05) is 14.2 Å². The van der Waals surface area contributed by atoms with Crippen LogP contribution in [0.1, 0.15) is 18.5 Å². The first-order valence-electron chi connectivity index (χ1n) is 3.95. The predicted molar refractivity (Wildman–Crippen MR) is 48.3 cm³/mol. The molecule has 0 aliphatic rings. The fourth-order valence-corrected chi connectivity index (χ4v) is 1.06. The average molecular weight is 166 g/mol. The SMILES string of the molecule is CNC(C)c1cccnc1OC. The zero-order chi connectivity index (χ0) is 8.97. The third-order valence-corrected chi connectivity index (χ3v) is 1.89. The molecule has 0 aliphatic carbocycles. The molecule has 0 aliphatic heterocycles. The minimum Gasteiger partial charge on any atom is -0.481 e. The molecule has 1 rings (SSSR count). The third kappa shape index (κ3) is 1.74. The molecule has 1 heterocycles. The van der Waals surface area contributed by atoms with E-state index in [9.17, 15) is 0 Å². The van der Waals surface area contributed by atoms with Crippen molar-refractivity contribution in [3.8, 4) is 5.88 Å². The highest BCUT2D eigenvalue weighted by molar-refractivity contribution is 5.28. The zero-order valence-corrected chi connectivity index (χ0v) is 7.66. The number of nitrogens with one attached hydrogen (secondary N) is 1. The lowest BCUT2D eigenvalue weighted by Gasteiger charge is -2.12. The maximum absolute atomic E-state index is 5.12. The Balaban J connectivity index is 2.96. The molecule has 1 aromatic heterocycles. The highest BCUT2D eigenvalue weighted by Gasteiger charge is 2.08. The monoisotopic (exact) mass is 166 g/mol. The molecule has 0 radical (unpaired) electrons. The lowest BCUT2D eigenvalue weighted by molar-refractivity contribution is 0.387. The van der Waals surface area contributed by atoms with E-state index in [1.807, 2.05) is 19.2 Å². The van der Waals surface area contributed by atoms with Gasteiger partial charge >= 0.3 is 0 Å². The number of hydrogen-bond acceptors (Lipinski definition) is 3. The van der Waals surface area contributed by atoms with Crippen LogP contribution >= 0.6 is 0 Å². The Kier molecular flexibility index (Phi) is 3.05. The molecule has 1 atom stereocenters. The van der Waals surface area contributed by atoms with E-state index in [1.54, 1.807) is 13.3 Å². The van der Waals surface area contributed by atoms with Crippen LogP contribution in [0.15, 0.2) is 18.3 Å². The Hall–Kier alpha value is -1.09. The summed E-state index contributed by atoms with van der Waals surface area (Å²) in [6.45, 7) is 2.07. The van der Waals surface area contributed by atoms with Gasteiger partial charge in [-0.2, -0.15) is 0 Å². The summed E-state index contributed by atoms with van der Waals surface area (Å²) in [5.74, 6) is 0.694. The summed E-state index contributed by atoms with van der Waals surface area (Å²) >= 11 is 0. The molecule has 0 bridgehead atoms. The van der Waals surface area contributed by atoms with E-state index < -0.39 is 0 Å². The molecule has 1 unspecified atom stereocenters. The maximum Gasteiger partial charge on any atom is 0.217 e. The van der Waals surface area contributed by atoms with Crippen molar-refractivity contribution in [2.24, 2.45) is 0 Å². The van der Waals surface area contributed by atoms with E-state index in [-0.39, 0.29) is 6.04 Å². The van der Waals surface area contributed by atoms with Gasteiger partial charge in [0.25, 0.3) is 0 Å². The number of nitrogens with zero attached hydrogens (tertiary/aromatic N) is 1. The average Bonchev–Trinajstić information content (AvgIpc) is 2.16. The molecule has 1 aromatic rings. The number of pyridine rings is 1. The van der Waals surface area contributed by atoms with Crippen molar-refractivity contribution in [2.45, 2.75) is 13.0 Å². The Morgan fingerprint density at radius 1 is 1.58 bits per heavy atom. The number of ether oxygens (including phenoxy) is 1. The molecule has 1 N–H and O–H groups in total. The summed E-state index contributed by atoms with van der Waals surface area (Å²) in [5, 5.41) is 3.14. The first-order chi connectivity index (χ1) is 5.79. The molecule has 66 valence electrons. The normalized spacial score (nSPS) is 12.6. The topological polar surface area (TPSA) is 34.2 Å². The van der Waals surface area contributed by atoms with E-state index in [2.05, 4.69) is 17.2 Å². The van der Waals surface area contributed by atoms with Gasteiger partial charge in [0.05, 0.1) is 7.11 Å². The van der Waals surface area contributed by atoms with Crippen molar-refractivity contribution in [1.29, 1.82) is 0 Å². The predicted octanol–water partition coefficient (Wildman–Crippen LogP) is 1.37. The Morgan fingerprint density at radius 3 is 2.92 bits per heavy atom. The summed E-state index contributed by atoms with van der Waals surface area (Å²) in [7, 11) is 3.55. The number of hydrogen-bond donors (Lipinski definition) is 1. The van der Waals surface area contributed by atoms with E-state index in [0.717, 1.165) is 5.56 Å². The van der Waals surface area contributed by atoms with Crippen LogP contribution in [0.4, 0.5) is 0 Å². The fourth-order valence-electron chi connectivity index (χ4n) is 1.06. The van der Waals surface area contributed by atoms with Gasteiger partial charge in [-0.15, -0.1) is 0 Å². The number of aromatic nitrogens is 1. The lowest BCUT2D eigenvalue weighted by Crippen LogP contribution is -2.13. The molecule has 0 saturated carbocycles. The summed E-state index contributed by atoms with van der Waals surface area (Å²) in [6.07, 6.45) is 1.73. The van der Waals surface area contributed by atoms with Crippen molar-refractivity contribution in [3.05, 3.63) is 23.9 Å². The van der Waals surface area contributed by atoms with Crippen molar-refractivity contribution in [1.82, 2.24) is 10.3 Å². The van der Waals surface area contributed by atoms with E-state index >= 15 is 0 Å². The molecule has 3 nitrogen and oxygen atoms in total. The molecule has 0 amide bonds. The smallest absolute Gasteiger partial charge is 0.217 e. The van der Waals surface area contributed by atoms with Crippen LogP contribution in [0.25, 0.3) is 0 Å².